The summed E-state index contributed by atoms with van der Waals surface area (Å²) in [6.45, 7) is 11.3. The number of methoxy groups -OCH3 is 2. The Balaban J connectivity index is 1.94. The zero-order chi connectivity index (χ0) is 22.8. The summed E-state index contributed by atoms with van der Waals surface area (Å²) in [4.78, 5) is 15.2. The van der Waals surface area contributed by atoms with Crippen LogP contribution in [0.2, 0.25) is 0 Å². The number of carbonyl (C=O) groups is 1. The molecule has 2 aromatic rings. The maximum absolute atomic E-state index is 13.3. The third-order valence-electron chi connectivity index (χ3n) is 5.86. The van der Waals surface area contributed by atoms with Crippen molar-refractivity contribution in [2.45, 2.75) is 53.0 Å². The van der Waals surface area contributed by atoms with Crippen LogP contribution in [0.5, 0.6) is 17.2 Å². The molecule has 5 nitrogen and oxygen atoms in total. The molecule has 0 spiro atoms. The summed E-state index contributed by atoms with van der Waals surface area (Å²) in [6.07, 6.45) is 0.775. The summed E-state index contributed by atoms with van der Waals surface area (Å²) in [7, 11) is 3.27. The molecule has 1 heterocycles. The fourth-order valence-electron chi connectivity index (χ4n) is 4.01. The van der Waals surface area contributed by atoms with Crippen molar-refractivity contribution in [2.75, 3.05) is 27.4 Å². The fraction of sp³-hybridized carbons (Fsp3) is 0.500. The van der Waals surface area contributed by atoms with Crippen LogP contribution in [-0.4, -0.2) is 38.2 Å². The van der Waals surface area contributed by atoms with Gasteiger partial charge in [-0.25, -0.2) is 0 Å². The number of carbonyl (C=O) groups excluding carboxylic acids is 1. The van der Waals surface area contributed by atoms with E-state index in [0.717, 1.165) is 17.7 Å². The number of ether oxygens (including phenoxy) is 3. The number of amides is 1. The molecule has 5 heteroatoms. The van der Waals surface area contributed by atoms with E-state index in [1.54, 1.807) is 14.2 Å². The molecular formula is C26H35NO4. The second-order valence-electron chi connectivity index (χ2n) is 9.46. The highest BCUT2D eigenvalue weighted by molar-refractivity contribution is 5.82. The van der Waals surface area contributed by atoms with E-state index in [-0.39, 0.29) is 11.9 Å². The first-order valence-electron chi connectivity index (χ1n) is 10.9. The van der Waals surface area contributed by atoms with Gasteiger partial charge in [0, 0.05) is 12.0 Å². The van der Waals surface area contributed by atoms with Crippen LogP contribution in [0.3, 0.4) is 0 Å². The number of nitrogens with zero attached hydrogens (tertiary/aromatic N) is 1. The number of rotatable bonds is 6. The van der Waals surface area contributed by atoms with Crippen LogP contribution in [-0.2, 0) is 11.2 Å². The number of fused-ring (bicyclic) bond motifs is 1. The molecule has 0 unspecified atom stereocenters. The van der Waals surface area contributed by atoms with E-state index < -0.39 is 5.41 Å². The topological polar surface area (TPSA) is 48.0 Å². The Kier molecular flexibility index (Phi) is 6.83. The molecule has 0 N–H and O–H groups in total. The second kappa shape index (κ2) is 9.21. The van der Waals surface area contributed by atoms with Crippen molar-refractivity contribution in [3.63, 3.8) is 0 Å². The molecule has 0 bridgehead atoms. The number of hydrogen-bond donors (Lipinski definition) is 0. The van der Waals surface area contributed by atoms with Crippen molar-refractivity contribution >= 4 is 5.91 Å². The zero-order valence-corrected chi connectivity index (χ0v) is 19.8. The van der Waals surface area contributed by atoms with Crippen molar-refractivity contribution in [2.24, 2.45) is 5.41 Å². The van der Waals surface area contributed by atoms with E-state index in [0.29, 0.717) is 30.6 Å². The Hall–Kier alpha value is -2.69. The first kappa shape index (κ1) is 23.0. The van der Waals surface area contributed by atoms with E-state index in [2.05, 4.69) is 26.0 Å². The summed E-state index contributed by atoms with van der Waals surface area (Å²) in [5.41, 5.74) is 3.03. The molecule has 3 rings (SSSR count). The van der Waals surface area contributed by atoms with Gasteiger partial charge in [-0.3, -0.25) is 4.79 Å². The van der Waals surface area contributed by atoms with Crippen LogP contribution in [0.1, 0.15) is 63.3 Å². The largest absolute Gasteiger partial charge is 0.493 e. The first-order chi connectivity index (χ1) is 14.7. The average Bonchev–Trinajstić information content (AvgIpc) is 2.75. The minimum absolute atomic E-state index is 0.122. The van der Waals surface area contributed by atoms with Gasteiger partial charge >= 0.3 is 0 Å². The van der Waals surface area contributed by atoms with Gasteiger partial charge in [0.15, 0.2) is 11.5 Å². The molecule has 1 atom stereocenters. The molecule has 0 aromatic heterocycles. The molecule has 1 aliphatic heterocycles. The molecule has 1 amide bonds. The standard InChI is InChI=1S/C26H35NO4/c1-17(2)18-8-10-20(11-9-18)31-16-22-21-15-24(30-7)23(29-6)14-19(21)12-13-27(22)25(28)26(3,4)5/h8-11,14-15,17,22H,12-13,16H2,1-7H3/t22-/m1/s1. The van der Waals surface area contributed by atoms with Gasteiger partial charge in [0.2, 0.25) is 5.91 Å². The Labute approximate surface area is 186 Å². The lowest BCUT2D eigenvalue weighted by molar-refractivity contribution is -0.143. The van der Waals surface area contributed by atoms with Gasteiger partial charge in [-0.05, 0) is 53.3 Å². The molecule has 1 aliphatic rings. The quantitative estimate of drug-likeness (QED) is 0.624. The Bertz CT molecular complexity index is 912. The molecule has 0 radical (unpaired) electrons. The third kappa shape index (κ3) is 4.97. The van der Waals surface area contributed by atoms with E-state index in [1.807, 2.05) is 49.9 Å². The van der Waals surface area contributed by atoms with E-state index in [4.69, 9.17) is 14.2 Å². The van der Waals surface area contributed by atoms with Gasteiger partial charge in [0.1, 0.15) is 12.4 Å². The minimum atomic E-state index is -0.467. The van der Waals surface area contributed by atoms with E-state index in [1.165, 1.54) is 11.1 Å². The normalized spacial score (nSPS) is 16.1. The fourth-order valence-corrected chi connectivity index (χ4v) is 4.01. The molecule has 0 saturated heterocycles. The lowest BCUT2D eigenvalue weighted by atomic mass is 9.88. The van der Waals surface area contributed by atoms with Gasteiger partial charge in [0.05, 0.1) is 20.3 Å². The second-order valence-corrected chi connectivity index (χ2v) is 9.46. The summed E-state index contributed by atoms with van der Waals surface area (Å²) < 4.78 is 17.2. The molecule has 168 valence electrons. The van der Waals surface area contributed by atoms with Crippen LogP contribution in [0, 0.1) is 5.41 Å². The van der Waals surface area contributed by atoms with Crippen LogP contribution in [0.15, 0.2) is 36.4 Å². The summed E-state index contributed by atoms with van der Waals surface area (Å²) in [6, 6.07) is 12.0. The van der Waals surface area contributed by atoms with Crippen molar-refractivity contribution in [3.05, 3.63) is 53.1 Å². The Morgan fingerprint density at radius 2 is 1.68 bits per heavy atom. The molecule has 31 heavy (non-hydrogen) atoms. The monoisotopic (exact) mass is 425 g/mol. The van der Waals surface area contributed by atoms with Crippen LogP contribution in [0.25, 0.3) is 0 Å². The summed E-state index contributed by atoms with van der Waals surface area (Å²) >= 11 is 0. The Morgan fingerprint density at radius 1 is 1.06 bits per heavy atom. The van der Waals surface area contributed by atoms with E-state index >= 15 is 0 Å². The molecule has 0 fully saturated rings. The lowest BCUT2D eigenvalue weighted by Crippen LogP contribution is -2.47. The first-order valence-corrected chi connectivity index (χ1v) is 10.9. The Morgan fingerprint density at radius 3 is 2.23 bits per heavy atom. The summed E-state index contributed by atoms with van der Waals surface area (Å²) in [5.74, 6) is 2.77. The predicted octanol–water partition coefficient (Wildman–Crippen LogP) is 5.38. The molecule has 2 aromatic carbocycles. The SMILES string of the molecule is COc1cc2c(cc1OC)[C@@H](COc1ccc(C(C)C)cc1)N(C(=O)C(C)(C)C)CC2. The van der Waals surface area contributed by atoms with Crippen LogP contribution in [0.4, 0.5) is 0 Å². The molecule has 0 saturated carbocycles. The van der Waals surface area contributed by atoms with Gasteiger partial charge in [-0.1, -0.05) is 46.8 Å². The highest BCUT2D eigenvalue weighted by Crippen LogP contribution is 2.39. The minimum Gasteiger partial charge on any atom is -0.493 e. The predicted molar refractivity (Wildman–Crippen MR) is 123 cm³/mol. The molecular weight excluding hydrogens is 390 g/mol. The third-order valence-corrected chi connectivity index (χ3v) is 5.86. The zero-order valence-electron chi connectivity index (χ0n) is 19.8. The van der Waals surface area contributed by atoms with Crippen molar-refractivity contribution in [3.8, 4) is 17.2 Å². The lowest BCUT2D eigenvalue weighted by Gasteiger charge is -2.40. The van der Waals surface area contributed by atoms with Gasteiger partial charge < -0.3 is 19.1 Å². The highest BCUT2D eigenvalue weighted by Gasteiger charge is 2.37. The number of hydrogen-bond acceptors (Lipinski definition) is 4. The van der Waals surface area contributed by atoms with E-state index in [9.17, 15) is 4.79 Å². The van der Waals surface area contributed by atoms with Gasteiger partial charge in [-0.15, -0.1) is 0 Å². The number of benzene rings is 2. The maximum atomic E-state index is 13.3. The van der Waals surface area contributed by atoms with Crippen molar-refractivity contribution in [1.82, 2.24) is 4.90 Å². The smallest absolute Gasteiger partial charge is 0.228 e. The summed E-state index contributed by atoms with van der Waals surface area (Å²) in [5, 5.41) is 0. The highest BCUT2D eigenvalue weighted by atomic mass is 16.5. The van der Waals surface area contributed by atoms with Gasteiger partial charge in [-0.2, -0.15) is 0 Å². The average molecular weight is 426 g/mol. The molecule has 0 aliphatic carbocycles. The van der Waals surface area contributed by atoms with Crippen molar-refractivity contribution < 1.29 is 19.0 Å². The van der Waals surface area contributed by atoms with Gasteiger partial charge in [0.25, 0.3) is 0 Å². The van der Waals surface area contributed by atoms with Crippen LogP contribution >= 0.6 is 0 Å². The van der Waals surface area contributed by atoms with Crippen LogP contribution < -0.4 is 14.2 Å². The maximum Gasteiger partial charge on any atom is 0.228 e. The van der Waals surface area contributed by atoms with Crippen molar-refractivity contribution in [1.29, 1.82) is 0 Å².